The van der Waals surface area contributed by atoms with Crippen molar-refractivity contribution in [3.05, 3.63) is 59.2 Å². The second-order valence-corrected chi connectivity index (χ2v) is 6.87. The van der Waals surface area contributed by atoms with E-state index < -0.39 is 0 Å². The molecule has 0 heterocycles. The van der Waals surface area contributed by atoms with Crippen molar-refractivity contribution in [2.24, 2.45) is 0 Å². The maximum atomic E-state index is 5.45. The summed E-state index contributed by atoms with van der Waals surface area (Å²) in [6.45, 7) is 6.43. The number of hydrogen-bond acceptors (Lipinski definition) is 1. The molecule has 0 radical (unpaired) electrons. The molecule has 0 bridgehead atoms. The van der Waals surface area contributed by atoms with Gasteiger partial charge in [-0.2, -0.15) is 0 Å². The highest BCUT2D eigenvalue weighted by atomic mass is 32.1. The summed E-state index contributed by atoms with van der Waals surface area (Å²) in [6.07, 6.45) is 6.29. The second kappa shape index (κ2) is 9.43. The maximum Gasteiger partial charge on any atom is 0.175 e. The maximum absolute atomic E-state index is 5.45. The van der Waals surface area contributed by atoms with Crippen molar-refractivity contribution in [1.29, 1.82) is 0 Å². The van der Waals surface area contributed by atoms with Crippen LogP contribution in [0.3, 0.4) is 0 Å². The Bertz CT molecular complexity index is 659. The predicted molar refractivity (Wildman–Crippen MR) is 110 cm³/mol. The summed E-state index contributed by atoms with van der Waals surface area (Å²) in [4.78, 5) is 0. The average molecular weight is 341 g/mol. The van der Waals surface area contributed by atoms with Gasteiger partial charge in [0.15, 0.2) is 5.11 Å². The molecular formula is C21H28N2S. The van der Waals surface area contributed by atoms with E-state index in [1.54, 1.807) is 0 Å². The van der Waals surface area contributed by atoms with Crippen molar-refractivity contribution in [3.63, 3.8) is 0 Å². The van der Waals surface area contributed by atoms with Gasteiger partial charge in [-0.25, -0.2) is 0 Å². The zero-order chi connectivity index (χ0) is 17.4. The summed E-state index contributed by atoms with van der Waals surface area (Å²) in [5.41, 5.74) is 5.90. The Kier molecular flexibility index (Phi) is 7.26. The van der Waals surface area contributed by atoms with Gasteiger partial charge in [-0.3, -0.25) is 0 Å². The molecule has 2 aromatic carbocycles. The second-order valence-electron chi connectivity index (χ2n) is 6.47. The minimum absolute atomic E-state index is 0.628. The molecule has 2 nitrogen and oxygen atoms in total. The molecule has 0 aliphatic rings. The van der Waals surface area contributed by atoms with Gasteiger partial charge in [0.25, 0.3) is 0 Å². The zero-order valence-electron chi connectivity index (χ0n) is 15.0. The van der Waals surface area contributed by atoms with Gasteiger partial charge < -0.3 is 10.6 Å². The molecule has 0 saturated carbocycles. The number of thiocarbonyl (C=S) groups is 1. The van der Waals surface area contributed by atoms with Gasteiger partial charge in [-0.15, -0.1) is 0 Å². The van der Waals surface area contributed by atoms with E-state index in [4.69, 9.17) is 12.2 Å². The molecule has 0 aliphatic heterocycles. The lowest BCUT2D eigenvalue weighted by Crippen LogP contribution is -2.19. The Morgan fingerprint density at radius 3 is 2.29 bits per heavy atom. The van der Waals surface area contributed by atoms with Gasteiger partial charge in [-0.05, 0) is 79.9 Å². The van der Waals surface area contributed by atoms with Crippen LogP contribution in [0.2, 0.25) is 0 Å². The fraction of sp³-hybridized carbons (Fsp3) is 0.381. The highest BCUT2D eigenvalue weighted by Crippen LogP contribution is 2.16. The summed E-state index contributed by atoms with van der Waals surface area (Å²) < 4.78 is 0. The first-order chi connectivity index (χ1) is 11.6. The number of rotatable bonds is 7. The number of nitrogens with one attached hydrogen (secondary N) is 2. The first-order valence-corrected chi connectivity index (χ1v) is 9.23. The Balaban J connectivity index is 1.91. The predicted octanol–water partition coefficient (Wildman–Crippen LogP) is 6.24. The molecule has 3 heteroatoms. The summed E-state index contributed by atoms with van der Waals surface area (Å²) in [5.74, 6) is 0. The van der Waals surface area contributed by atoms with Crippen LogP contribution in [0.25, 0.3) is 0 Å². The van der Waals surface area contributed by atoms with Gasteiger partial charge in [0, 0.05) is 11.4 Å². The minimum Gasteiger partial charge on any atom is -0.332 e. The molecule has 0 fully saturated rings. The normalized spacial score (nSPS) is 10.5. The van der Waals surface area contributed by atoms with Crippen LogP contribution in [-0.2, 0) is 6.42 Å². The SMILES string of the molecule is CCCCCCc1cccc(NC(=S)Nc2cc(C)cc(C)c2)c1. The van der Waals surface area contributed by atoms with E-state index in [9.17, 15) is 0 Å². The van der Waals surface area contributed by atoms with Gasteiger partial charge >= 0.3 is 0 Å². The van der Waals surface area contributed by atoms with Crippen molar-refractivity contribution in [1.82, 2.24) is 0 Å². The molecule has 2 N–H and O–H groups in total. The molecule has 0 unspecified atom stereocenters. The van der Waals surface area contributed by atoms with Crippen LogP contribution < -0.4 is 10.6 Å². The molecule has 24 heavy (non-hydrogen) atoms. The van der Waals surface area contributed by atoms with E-state index in [2.05, 4.69) is 73.9 Å². The summed E-state index contributed by atoms with van der Waals surface area (Å²) in [5, 5.41) is 7.19. The molecule has 0 saturated heterocycles. The average Bonchev–Trinajstić information content (AvgIpc) is 2.51. The first kappa shape index (κ1) is 18.5. The molecule has 0 atom stereocenters. The molecule has 2 rings (SSSR count). The largest absolute Gasteiger partial charge is 0.332 e. The Morgan fingerprint density at radius 2 is 1.58 bits per heavy atom. The van der Waals surface area contributed by atoms with Crippen LogP contribution in [0, 0.1) is 13.8 Å². The van der Waals surface area contributed by atoms with Crippen molar-refractivity contribution in [2.75, 3.05) is 10.6 Å². The van der Waals surface area contributed by atoms with E-state index in [1.165, 1.54) is 42.4 Å². The summed E-state index contributed by atoms with van der Waals surface area (Å²) in [6, 6.07) is 14.9. The number of hydrogen-bond donors (Lipinski definition) is 2. The Morgan fingerprint density at radius 1 is 0.875 bits per heavy atom. The first-order valence-electron chi connectivity index (χ1n) is 8.82. The van der Waals surface area contributed by atoms with Crippen LogP contribution >= 0.6 is 12.2 Å². The Hall–Kier alpha value is -1.87. The van der Waals surface area contributed by atoms with Crippen molar-refractivity contribution in [2.45, 2.75) is 52.9 Å². The summed E-state index contributed by atoms with van der Waals surface area (Å²) in [7, 11) is 0. The van der Waals surface area contributed by atoms with Crippen molar-refractivity contribution < 1.29 is 0 Å². The van der Waals surface area contributed by atoms with Crippen molar-refractivity contribution >= 4 is 28.7 Å². The number of unbranched alkanes of at least 4 members (excludes halogenated alkanes) is 3. The van der Waals surface area contributed by atoms with E-state index in [0.29, 0.717) is 5.11 Å². The highest BCUT2D eigenvalue weighted by molar-refractivity contribution is 7.80. The number of benzene rings is 2. The fourth-order valence-electron chi connectivity index (χ4n) is 2.90. The van der Waals surface area contributed by atoms with Crippen LogP contribution in [0.1, 0.15) is 49.3 Å². The van der Waals surface area contributed by atoms with Gasteiger partial charge in [0.2, 0.25) is 0 Å². The topological polar surface area (TPSA) is 24.1 Å². The molecule has 2 aromatic rings. The lowest BCUT2D eigenvalue weighted by molar-refractivity contribution is 0.667. The van der Waals surface area contributed by atoms with Crippen molar-refractivity contribution in [3.8, 4) is 0 Å². The monoisotopic (exact) mass is 340 g/mol. The Labute approximate surface area is 151 Å². The van der Waals surface area contributed by atoms with E-state index >= 15 is 0 Å². The molecule has 0 aromatic heterocycles. The summed E-state index contributed by atoms with van der Waals surface area (Å²) >= 11 is 5.45. The third kappa shape index (κ3) is 6.32. The van der Waals surface area contributed by atoms with Gasteiger partial charge in [0.1, 0.15) is 0 Å². The van der Waals surface area contributed by atoms with Crippen LogP contribution in [-0.4, -0.2) is 5.11 Å². The molecule has 128 valence electrons. The minimum atomic E-state index is 0.628. The molecule has 0 spiro atoms. The zero-order valence-corrected chi connectivity index (χ0v) is 15.8. The molecule has 0 aliphatic carbocycles. The third-order valence-corrected chi connectivity index (χ3v) is 4.19. The smallest absolute Gasteiger partial charge is 0.175 e. The van der Waals surface area contributed by atoms with E-state index in [0.717, 1.165) is 17.8 Å². The highest BCUT2D eigenvalue weighted by Gasteiger charge is 2.02. The lowest BCUT2D eigenvalue weighted by Gasteiger charge is -2.13. The van der Waals surface area contributed by atoms with E-state index in [1.807, 2.05) is 0 Å². The lowest BCUT2D eigenvalue weighted by atomic mass is 10.1. The van der Waals surface area contributed by atoms with E-state index in [-0.39, 0.29) is 0 Å². The molecule has 0 amide bonds. The number of aryl methyl sites for hydroxylation is 3. The standard InChI is InChI=1S/C21H28N2S/c1-4-5-6-7-9-18-10-8-11-19(15-18)22-21(24)23-20-13-16(2)12-17(3)14-20/h8,10-15H,4-7,9H2,1-3H3,(H2,22,23,24). The van der Waals surface area contributed by atoms with Gasteiger partial charge in [0.05, 0.1) is 0 Å². The van der Waals surface area contributed by atoms with Crippen LogP contribution in [0.4, 0.5) is 11.4 Å². The van der Waals surface area contributed by atoms with Crippen LogP contribution in [0.15, 0.2) is 42.5 Å². The molecular weight excluding hydrogens is 312 g/mol. The quantitative estimate of drug-likeness (QED) is 0.461. The fourth-order valence-corrected chi connectivity index (χ4v) is 3.14. The third-order valence-electron chi connectivity index (χ3n) is 3.98. The number of anilines is 2. The van der Waals surface area contributed by atoms with Crippen LogP contribution in [0.5, 0.6) is 0 Å². The van der Waals surface area contributed by atoms with Gasteiger partial charge in [-0.1, -0.05) is 44.4 Å².